The number of halogens is 3. The highest BCUT2D eigenvalue weighted by Gasteiger charge is 2.28. The molecule has 0 aromatic rings. The van der Waals surface area contributed by atoms with Crippen molar-refractivity contribution < 1.29 is 17.9 Å². The lowest BCUT2D eigenvalue weighted by Crippen LogP contribution is -2.23. The normalized spacial score (nSPS) is 12.6. The van der Waals surface area contributed by atoms with Crippen LogP contribution in [0.5, 0.6) is 0 Å². The Hall–Kier alpha value is -0.290. The largest absolute Gasteiger partial charge is 0.522 e. The second kappa shape index (κ2) is 3.78. The molecule has 5 heteroatoms. The van der Waals surface area contributed by atoms with E-state index in [1.54, 1.807) is 19.0 Å². The number of ether oxygens (including phenoxy) is 1. The number of likely N-dealkylation sites (N-methyl/N-ethyl adjacent to an activating group) is 1. The summed E-state index contributed by atoms with van der Waals surface area (Å²) in [5, 5.41) is 0. The molecule has 0 aromatic heterocycles. The molecule has 0 bridgehead atoms. The minimum absolute atomic E-state index is 0.277. The van der Waals surface area contributed by atoms with Crippen molar-refractivity contribution in [2.45, 2.75) is 6.36 Å². The van der Waals surface area contributed by atoms with Gasteiger partial charge in [-0.15, -0.1) is 13.2 Å². The monoisotopic (exact) mass is 157 g/mol. The lowest BCUT2D eigenvalue weighted by atomic mass is 10.6. The summed E-state index contributed by atoms with van der Waals surface area (Å²) in [6, 6.07) is 0. The molecule has 62 valence electrons. The first-order valence-electron chi connectivity index (χ1n) is 2.77. The predicted molar refractivity (Wildman–Crippen MR) is 30.6 cm³/mol. The Kier molecular flexibility index (Phi) is 3.67. The molecule has 0 rings (SSSR count). The zero-order chi connectivity index (χ0) is 8.20. The first kappa shape index (κ1) is 9.71. The van der Waals surface area contributed by atoms with Gasteiger partial charge in [0.2, 0.25) is 0 Å². The van der Waals surface area contributed by atoms with Crippen molar-refractivity contribution in [1.82, 2.24) is 4.90 Å². The maximum Gasteiger partial charge on any atom is 0.522 e. The number of nitrogens with zero attached hydrogens (tertiary/aromatic N) is 1. The highest BCUT2D eigenvalue weighted by atomic mass is 19.4. The van der Waals surface area contributed by atoms with Gasteiger partial charge in [-0.25, -0.2) is 0 Å². The van der Waals surface area contributed by atoms with Gasteiger partial charge in [-0.1, -0.05) is 0 Å². The van der Waals surface area contributed by atoms with E-state index in [4.69, 9.17) is 0 Å². The van der Waals surface area contributed by atoms with Crippen LogP contribution < -0.4 is 0 Å². The second-order valence-corrected chi connectivity index (χ2v) is 2.10. The lowest BCUT2D eigenvalue weighted by molar-refractivity contribution is -0.324. The Balaban J connectivity index is 3.21. The van der Waals surface area contributed by atoms with Crippen LogP contribution in [-0.4, -0.2) is 38.5 Å². The maximum atomic E-state index is 11.3. The van der Waals surface area contributed by atoms with E-state index < -0.39 is 6.36 Å². The van der Waals surface area contributed by atoms with Crippen molar-refractivity contribution in [3.8, 4) is 0 Å². The summed E-state index contributed by atoms with van der Waals surface area (Å²) in [7, 11) is 3.36. The molecule has 2 nitrogen and oxygen atoms in total. The molecular weight excluding hydrogens is 147 g/mol. The van der Waals surface area contributed by atoms with Crippen LogP contribution in [-0.2, 0) is 4.74 Å². The van der Waals surface area contributed by atoms with Gasteiger partial charge in [0.1, 0.15) is 0 Å². The molecule has 0 aliphatic carbocycles. The van der Waals surface area contributed by atoms with Gasteiger partial charge in [-0.2, -0.15) is 0 Å². The average molecular weight is 157 g/mol. The first-order valence-corrected chi connectivity index (χ1v) is 2.77. The van der Waals surface area contributed by atoms with E-state index in [0.717, 1.165) is 0 Å². The van der Waals surface area contributed by atoms with Crippen LogP contribution in [0.4, 0.5) is 13.2 Å². The first-order chi connectivity index (χ1) is 4.42. The molecule has 0 aromatic carbocycles. The predicted octanol–water partition coefficient (Wildman–Crippen LogP) is 1.08. The van der Waals surface area contributed by atoms with Gasteiger partial charge in [0.15, 0.2) is 0 Å². The third kappa shape index (κ3) is 7.71. The second-order valence-electron chi connectivity index (χ2n) is 2.10. The Labute approximate surface area is 57.6 Å². The fourth-order valence-electron chi connectivity index (χ4n) is 0.344. The molecule has 0 heterocycles. The van der Waals surface area contributed by atoms with Gasteiger partial charge < -0.3 is 4.90 Å². The van der Waals surface area contributed by atoms with Gasteiger partial charge in [0.25, 0.3) is 0 Å². The minimum Gasteiger partial charge on any atom is -0.307 e. The number of alkyl halides is 3. The minimum atomic E-state index is -4.49. The van der Waals surface area contributed by atoms with E-state index >= 15 is 0 Å². The van der Waals surface area contributed by atoms with Gasteiger partial charge >= 0.3 is 6.36 Å². The van der Waals surface area contributed by atoms with E-state index in [-0.39, 0.29) is 13.2 Å². The standard InChI is InChI=1S/C5H10F3NO/c1-9(2)3-4-10-5(6,7)8/h3-4H2,1-2H3. The quantitative estimate of drug-likeness (QED) is 0.607. The van der Waals surface area contributed by atoms with Crippen LogP contribution in [0, 0.1) is 0 Å². The summed E-state index contributed by atoms with van der Waals surface area (Å²) in [4.78, 5) is 1.62. The lowest BCUT2D eigenvalue weighted by Gasteiger charge is -2.10. The molecule has 0 aliphatic rings. The SMILES string of the molecule is CN(C)CCOC(F)(F)F. The van der Waals surface area contributed by atoms with Crippen LogP contribution in [0.1, 0.15) is 0 Å². The van der Waals surface area contributed by atoms with Crippen molar-refractivity contribution in [3.05, 3.63) is 0 Å². The van der Waals surface area contributed by atoms with Crippen molar-refractivity contribution in [3.63, 3.8) is 0 Å². The Morgan fingerprint density at radius 2 is 1.80 bits per heavy atom. The van der Waals surface area contributed by atoms with Gasteiger partial charge in [-0.05, 0) is 14.1 Å². The highest BCUT2D eigenvalue weighted by molar-refractivity contribution is 4.40. The molecule has 0 atom stereocenters. The van der Waals surface area contributed by atoms with Crippen molar-refractivity contribution >= 4 is 0 Å². The van der Waals surface area contributed by atoms with E-state index in [0.29, 0.717) is 0 Å². The van der Waals surface area contributed by atoms with Crippen LogP contribution >= 0.6 is 0 Å². The Bertz CT molecular complexity index is 91.4. The highest BCUT2D eigenvalue weighted by Crippen LogP contribution is 2.15. The number of hydrogen-bond acceptors (Lipinski definition) is 2. The molecular formula is C5H10F3NO. The summed E-state index contributed by atoms with van der Waals surface area (Å²) in [5.74, 6) is 0. The Morgan fingerprint density at radius 1 is 1.30 bits per heavy atom. The summed E-state index contributed by atoms with van der Waals surface area (Å²) >= 11 is 0. The molecule has 0 saturated carbocycles. The van der Waals surface area contributed by atoms with Crippen molar-refractivity contribution in [1.29, 1.82) is 0 Å². The zero-order valence-electron chi connectivity index (χ0n) is 5.90. The average Bonchev–Trinajstić information content (AvgIpc) is 1.59. The number of hydrogen-bond donors (Lipinski definition) is 0. The summed E-state index contributed by atoms with van der Waals surface area (Å²) in [6.45, 7) is -0.0317. The van der Waals surface area contributed by atoms with Crippen LogP contribution in [0.3, 0.4) is 0 Å². The van der Waals surface area contributed by atoms with Gasteiger partial charge in [-0.3, -0.25) is 4.74 Å². The molecule has 0 unspecified atom stereocenters. The fraction of sp³-hybridized carbons (Fsp3) is 1.00. The molecule has 0 radical (unpaired) electrons. The van der Waals surface area contributed by atoms with E-state index in [2.05, 4.69) is 4.74 Å². The van der Waals surface area contributed by atoms with Crippen LogP contribution in [0.25, 0.3) is 0 Å². The van der Waals surface area contributed by atoms with Crippen LogP contribution in [0.2, 0.25) is 0 Å². The maximum absolute atomic E-state index is 11.3. The topological polar surface area (TPSA) is 12.5 Å². The summed E-state index contributed by atoms with van der Waals surface area (Å²) < 4.78 is 37.3. The Morgan fingerprint density at radius 3 is 2.10 bits per heavy atom. The third-order valence-electron chi connectivity index (χ3n) is 0.804. The van der Waals surface area contributed by atoms with E-state index in [9.17, 15) is 13.2 Å². The molecule has 0 amide bonds. The smallest absolute Gasteiger partial charge is 0.307 e. The summed E-state index contributed by atoms with van der Waals surface area (Å²) in [5.41, 5.74) is 0. The van der Waals surface area contributed by atoms with Gasteiger partial charge in [0.05, 0.1) is 6.61 Å². The van der Waals surface area contributed by atoms with E-state index in [1.165, 1.54) is 0 Å². The summed E-state index contributed by atoms with van der Waals surface area (Å²) in [6.07, 6.45) is -4.49. The van der Waals surface area contributed by atoms with Crippen molar-refractivity contribution in [2.75, 3.05) is 27.2 Å². The van der Waals surface area contributed by atoms with Gasteiger partial charge in [0, 0.05) is 6.54 Å². The molecule has 10 heavy (non-hydrogen) atoms. The molecule has 0 N–H and O–H groups in total. The van der Waals surface area contributed by atoms with Crippen molar-refractivity contribution in [2.24, 2.45) is 0 Å². The molecule has 0 fully saturated rings. The van der Waals surface area contributed by atoms with Crippen LogP contribution in [0.15, 0.2) is 0 Å². The fourth-order valence-corrected chi connectivity index (χ4v) is 0.344. The molecule has 0 aliphatic heterocycles. The number of rotatable bonds is 3. The molecule has 0 spiro atoms. The zero-order valence-corrected chi connectivity index (χ0v) is 5.90. The molecule has 0 saturated heterocycles. The third-order valence-corrected chi connectivity index (χ3v) is 0.804. The van der Waals surface area contributed by atoms with E-state index in [1.807, 2.05) is 0 Å².